The number of benzene rings is 2. The summed E-state index contributed by atoms with van der Waals surface area (Å²) < 4.78 is 4.91. The van der Waals surface area contributed by atoms with Crippen LogP contribution in [-0.2, 0) is 6.61 Å². The second-order valence-corrected chi connectivity index (χ2v) is 11.1. The summed E-state index contributed by atoms with van der Waals surface area (Å²) in [5.41, 5.74) is 0. The van der Waals surface area contributed by atoms with Gasteiger partial charge in [-0.2, -0.15) is 15.3 Å². The lowest BCUT2D eigenvalue weighted by atomic mass is 10.3. The van der Waals surface area contributed by atoms with Crippen LogP contribution in [0, 0.1) is 11.3 Å². The molecule has 0 saturated heterocycles. The molecule has 1 heterocycles. The first-order valence-corrected chi connectivity index (χ1v) is 10.7. The number of aliphatic hydroxyl groups excluding tert-OH is 1. The molecule has 0 bridgehead atoms. The summed E-state index contributed by atoms with van der Waals surface area (Å²) in [6.07, 6.45) is 3.75. The Balaban J connectivity index is 0.000000244. The van der Waals surface area contributed by atoms with Crippen molar-refractivity contribution in [3.8, 4) is 6.07 Å². The van der Waals surface area contributed by atoms with Crippen LogP contribution in [-0.4, -0.2) is 21.1 Å². The SMILES string of the molecule is CC(C)(C)S(C)(c1ccccc1)c1ccccc1.N#Cc1ncc(CO)o1. The number of nitriles is 1. The van der Waals surface area contributed by atoms with E-state index < -0.39 is 10.0 Å². The van der Waals surface area contributed by atoms with Crippen molar-refractivity contribution in [2.24, 2.45) is 0 Å². The molecule has 0 saturated carbocycles. The zero-order valence-electron chi connectivity index (χ0n) is 16.2. The Labute approximate surface area is 162 Å². The maximum atomic E-state index is 8.40. The van der Waals surface area contributed by atoms with E-state index in [1.165, 1.54) is 16.0 Å². The van der Waals surface area contributed by atoms with E-state index in [2.05, 4.69) is 97.1 Å². The summed E-state index contributed by atoms with van der Waals surface area (Å²) in [6, 6.07) is 23.6. The number of rotatable bonds is 3. The highest BCUT2D eigenvalue weighted by atomic mass is 32.3. The van der Waals surface area contributed by atoms with Gasteiger partial charge in [-0.15, -0.1) is 0 Å². The summed E-state index contributed by atoms with van der Waals surface area (Å²) >= 11 is 0. The number of aliphatic hydroxyl groups is 1. The van der Waals surface area contributed by atoms with Gasteiger partial charge in [0.15, 0.2) is 11.8 Å². The van der Waals surface area contributed by atoms with E-state index in [0.29, 0.717) is 5.76 Å². The van der Waals surface area contributed by atoms with Crippen LogP contribution >= 0.6 is 10.0 Å². The van der Waals surface area contributed by atoms with E-state index in [9.17, 15) is 0 Å². The van der Waals surface area contributed by atoms with E-state index in [1.54, 1.807) is 6.07 Å². The molecule has 5 heteroatoms. The maximum Gasteiger partial charge on any atom is 0.300 e. The van der Waals surface area contributed by atoms with E-state index >= 15 is 0 Å². The molecule has 0 atom stereocenters. The molecule has 2 aromatic carbocycles. The fourth-order valence-corrected chi connectivity index (χ4v) is 5.75. The van der Waals surface area contributed by atoms with E-state index in [-0.39, 0.29) is 17.2 Å². The van der Waals surface area contributed by atoms with E-state index in [1.807, 2.05) is 0 Å². The minimum atomic E-state index is -1.01. The molecule has 3 rings (SSSR count). The first-order valence-electron chi connectivity index (χ1n) is 8.66. The molecule has 0 aliphatic rings. The summed E-state index contributed by atoms with van der Waals surface area (Å²) in [6.45, 7) is 6.84. The third kappa shape index (κ3) is 4.79. The van der Waals surface area contributed by atoms with Gasteiger partial charge in [-0.05, 0) is 45.1 Å². The Kier molecular flexibility index (Phi) is 6.84. The van der Waals surface area contributed by atoms with Gasteiger partial charge >= 0.3 is 5.89 Å². The van der Waals surface area contributed by atoms with Gasteiger partial charge in [0.25, 0.3) is 0 Å². The van der Waals surface area contributed by atoms with E-state index in [4.69, 9.17) is 10.4 Å². The predicted molar refractivity (Wildman–Crippen MR) is 110 cm³/mol. The smallest absolute Gasteiger partial charge is 0.300 e. The number of nitrogens with zero attached hydrogens (tertiary/aromatic N) is 2. The van der Waals surface area contributed by atoms with Crippen LogP contribution in [0.2, 0.25) is 0 Å². The normalized spacial score (nSPS) is 11.9. The minimum absolute atomic E-state index is 0.0148. The molecular formula is C22H26N2O2S. The zero-order chi connectivity index (χ0) is 19.9. The first-order chi connectivity index (χ1) is 12.8. The standard InChI is InChI=1S/C17H22S.C5H4N2O2/c1-17(2,3)18(4,15-11-7-5-8-12-15)16-13-9-6-10-14-16;6-1-5-7-2-4(3-8)9-5/h5-14H,1-4H3;2,8H,3H2. The van der Waals surface area contributed by atoms with Crippen molar-refractivity contribution in [2.75, 3.05) is 6.26 Å². The maximum absolute atomic E-state index is 8.40. The van der Waals surface area contributed by atoms with Gasteiger partial charge in [0.2, 0.25) is 0 Å². The third-order valence-corrected chi connectivity index (χ3v) is 9.34. The molecule has 4 nitrogen and oxygen atoms in total. The van der Waals surface area contributed by atoms with Gasteiger partial charge in [-0.25, -0.2) is 4.98 Å². The molecular weight excluding hydrogens is 356 g/mol. The van der Waals surface area contributed by atoms with Crippen molar-refractivity contribution in [3.05, 3.63) is 78.5 Å². The fraction of sp³-hybridized carbons (Fsp3) is 0.273. The monoisotopic (exact) mass is 382 g/mol. The second kappa shape index (κ2) is 8.90. The molecule has 3 aromatic rings. The lowest BCUT2D eigenvalue weighted by Gasteiger charge is -2.48. The van der Waals surface area contributed by atoms with Crippen molar-refractivity contribution in [2.45, 2.75) is 41.9 Å². The van der Waals surface area contributed by atoms with Crippen molar-refractivity contribution in [1.82, 2.24) is 4.98 Å². The molecule has 142 valence electrons. The van der Waals surface area contributed by atoms with E-state index in [0.717, 1.165) is 0 Å². The number of oxazole rings is 1. The van der Waals surface area contributed by atoms with Gasteiger partial charge in [0.05, 0.1) is 6.20 Å². The zero-order valence-corrected chi connectivity index (χ0v) is 17.0. The molecule has 0 aliphatic heterocycles. The fourth-order valence-electron chi connectivity index (χ4n) is 2.66. The summed E-state index contributed by atoms with van der Waals surface area (Å²) in [4.78, 5) is 6.44. The highest BCUT2D eigenvalue weighted by molar-refractivity contribution is 8.34. The average molecular weight is 383 g/mol. The number of hydrogen-bond donors (Lipinski definition) is 1. The summed E-state index contributed by atoms with van der Waals surface area (Å²) in [5, 5.41) is 16.6. The Hall–Kier alpha value is -2.55. The molecule has 1 N–H and O–H groups in total. The van der Waals surface area contributed by atoms with Gasteiger partial charge in [0.1, 0.15) is 6.61 Å². The molecule has 0 fully saturated rings. The molecule has 0 amide bonds. The van der Waals surface area contributed by atoms with Crippen LogP contribution in [0.25, 0.3) is 0 Å². The average Bonchev–Trinajstić information content (AvgIpc) is 3.17. The summed E-state index contributed by atoms with van der Waals surface area (Å²) in [7, 11) is -1.01. The summed E-state index contributed by atoms with van der Waals surface area (Å²) in [5.74, 6) is 0.297. The van der Waals surface area contributed by atoms with Crippen LogP contribution < -0.4 is 0 Å². The van der Waals surface area contributed by atoms with Crippen LogP contribution in [0.15, 0.2) is 81.1 Å². The van der Waals surface area contributed by atoms with Crippen LogP contribution in [0.3, 0.4) is 0 Å². The van der Waals surface area contributed by atoms with Crippen molar-refractivity contribution in [3.63, 3.8) is 0 Å². The lowest BCUT2D eigenvalue weighted by Crippen LogP contribution is -2.24. The molecule has 0 radical (unpaired) electrons. The Morgan fingerprint density at radius 3 is 1.78 bits per heavy atom. The first kappa shape index (κ1) is 20.8. The Morgan fingerprint density at radius 1 is 1.00 bits per heavy atom. The highest BCUT2D eigenvalue weighted by Gasteiger charge is 2.35. The quantitative estimate of drug-likeness (QED) is 0.660. The largest absolute Gasteiger partial charge is 0.431 e. The Morgan fingerprint density at radius 2 is 1.48 bits per heavy atom. The minimum Gasteiger partial charge on any atom is -0.431 e. The van der Waals surface area contributed by atoms with Crippen molar-refractivity contribution >= 4 is 10.0 Å². The number of hydrogen-bond acceptors (Lipinski definition) is 4. The van der Waals surface area contributed by atoms with Gasteiger partial charge in [-0.3, -0.25) is 0 Å². The van der Waals surface area contributed by atoms with Crippen molar-refractivity contribution in [1.29, 1.82) is 5.26 Å². The van der Waals surface area contributed by atoms with Crippen molar-refractivity contribution < 1.29 is 9.52 Å². The number of aromatic nitrogens is 1. The predicted octanol–water partition coefficient (Wildman–Crippen LogP) is 5.38. The highest BCUT2D eigenvalue weighted by Crippen LogP contribution is 2.67. The lowest BCUT2D eigenvalue weighted by molar-refractivity contribution is 0.246. The topological polar surface area (TPSA) is 70.0 Å². The molecule has 1 aromatic heterocycles. The molecule has 0 aliphatic carbocycles. The van der Waals surface area contributed by atoms with Crippen LogP contribution in [0.4, 0.5) is 0 Å². The second-order valence-electron chi connectivity index (χ2n) is 7.06. The third-order valence-electron chi connectivity index (χ3n) is 4.46. The molecule has 0 spiro atoms. The molecule has 27 heavy (non-hydrogen) atoms. The van der Waals surface area contributed by atoms with Gasteiger partial charge < -0.3 is 9.52 Å². The Bertz CT molecular complexity index is 838. The van der Waals surface area contributed by atoms with Gasteiger partial charge in [0, 0.05) is 0 Å². The van der Waals surface area contributed by atoms with Gasteiger partial charge in [-0.1, -0.05) is 57.2 Å². The van der Waals surface area contributed by atoms with Crippen LogP contribution in [0.5, 0.6) is 0 Å². The van der Waals surface area contributed by atoms with Crippen LogP contribution in [0.1, 0.15) is 32.4 Å². The molecule has 0 unspecified atom stereocenters.